The minimum atomic E-state index is -1.28. The first-order valence-corrected chi connectivity index (χ1v) is 11.2. The number of carbonyl (C=O) groups is 3. The fraction of sp³-hybridized carbons (Fsp3) is 0.522. The van der Waals surface area contributed by atoms with Crippen molar-refractivity contribution in [2.75, 3.05) is 0 Å². The van der Waals surface area contributed by atoms with Crippen LogP contribution < -0.4 is 21.7 Å². The van der Waals surface area contributed by atoms with E-state index in [0.717, 1.165) is 32.1 Å². The summed E-state index contributed by atoms with van der Waals surface area (Å²) in [4.78, 5) is 37.1. The number of nitrogens with two attached hydrogens (primary N) is 1. The summed E-state index contributed by atoms with van der Waals surface area (Å²) in [6, 6.07) is 3.75. The Labute approximate surface area is 192 Å². The van der Waals surface area contributed by atoms with Gasteiger partial charge in [0.1, 0.15) is 17.9 Å². The van der Waals surface area contributed by atoms with Gasteiger partial charge < -0.3 is 37.0 Å². The second kappa shape index (κ2) is 11.2. The molecule has 0 bridgehead atoms. The van der Waals surface area contributed by atoms with Gasteiger partial charge in [0.2, 0.25) is 11.8 Å². The zero-order valence-electron chi connectivity index (χ0n) is 18.4. The number of urea groups is 1. The third-order valence-corrected chi connectivity index (χ3v) is 6.13. The summed E-state index contributed by atoms with van der Waals surface area (Å²) in [6.07, 6.45) is 3.86. The van der Waals surface area contributed by atoms with Gasteiger partial charge in [0.15, 0.2) is 0 Å². The summed E-state index contributed by atoms with van der Waals surface area (Å²) in [5.41, 5.74) is 6.26. The highest BCUT2D eigenvalue weighted by molar-refractivity contribution is 5.97. The quantitative estimate of drug-likeness (QED) is 0.300. The van der Waals surface area contributed by atoms with Crippen molar-refractivity contribution in [3.8, 4) is 5.75 Å². The molecule has 0 saturated heterocycles. The first-order valence-electron chi connectivity index (χ1n) is 11.2. The molecule has 10 nitrogen and oxygen atoms in total. The number of phenolic OH excluding ortho intramolecular Hbond substituents is 1. The summed E-state index contributed by atoms with van der Waals surface area (Å²) in [5, 5.41) is 38.0. The van der Waals surface area contributed by atoms with Crippen LogP contribution in [0.2, 0.25) is 0 Å². The van der Waals surface area contributed by atoms with Crippen molar-refractivity contribution in [3.05, 3.63) is 41.5 Å². The number of carbonyl (C=O) groups excluding carboxylic acids is 3. The smallest absolute Gasteiger partial charge is 0.315 e. The highest BCUT2D eigenvalue weighted by Gasteiger charge is 2.34. The highest BCUT2D eigenvalue weighted by Crippen LogP contribution is 2.21. The van der Waals surface area contributed by atoms with Gasteiger partial charge >= 0.3 is 6.03 Å². The van der Waals surface area contributed by atoms with E-state index in [1.807, 2.05) is 0 Å². The number of aliphatic hydroxyl groups excluding tert-OH is 2. The lowest BCUT2D eigenvalue weighted by atomic mass is 9.89. The van der Waals surface area contributed by atoms with E-state index in [4.69, 9.17) is 5.73 Å². The first kappa shape index (κ1) is 24.5. The largest absolute Gasteiger partial charge is 0.508 e. The molecule has 1 fully saturated rings. The predicted octanol–water partition coefficient (Wildman–Crippen LogP) is -0.0428. The zero-order valence-corrected chi connectivity index (χ0v) is 18.4. The molecule has 3 rings (SSSR count). The summed E-state index contributed by atoms with van der Waals surface area (Å²) in [6.45, 7) is 0. The third kappa shape index (κ3) is 6.93. The molecule has 180 valence electrons. The van der Waals surface area contributed by atoms with E-state index in [0.29, 0.717) is 5.56 Å². The lowest BCUT2D eigenvalue weighted by Crippen LogP contribution is -2.55. The number of phenols is 1. The molecule has 8 N–H and O–H groups in total. The van der Waals surface area contributed by atoms with Crippen LogP contribution in [0, 0.1) is 0 Å². The van der Waals surface area contributed by atoms with Gasteiger partial charge in [-0.25, -0.2) is 4.79 Å². The number of hydrogen-bond donors (Lipinski definition) is 7. The maximum absolute atomic E-state index is 12.8. The first-order chi connectivity index (χ1) is 15.7. The molecule has 2 aliphatic carbocycles. The van der Waals surface area contributed by atoms with Crippen LogP contribution in [0.25, 0.3) is 0 Å². The van der Waals surface area contributed by atoms with Gasteiger partial charge in [0, 0.05) is 24.5 Å². The van der Waals surface area contributed by atoms with Crippen molar-refractivity contribution < 1.29 is 29.7 Å². The average molecular weight is 461 g/mol. The van der Waals surface area contributed by atoms with E-state index in [9.17, 15) is 29.7 Å². The molecule has 0 radical (unpaired) electrons. The van der Waals surface area contributed by atoms with Gasteiger partial charge in [-0.05, 0) is 30.5 Å². The van der Waals surface area contributed by atoms with Gasteiger partial charge in [-0.15, -0.1) is 0 Å². The van der Waals surface area contributed by atoms with Gasteiger partial charge in [-0.2, -0.15) is 0 Å². The van der Waals surface area contributed by atoms with Crippen molar-refractivity contribution in [2.24, 2.45) is 5.73 Å². The van der Waals surface area contributed by atoms with Crippen molar-refractivity contribution in [1.82, 2.24) is 16.0 Å². The third-order valence-electron chi connectivity index (χ3n) is 6.13. The SMILES string of the molecule is NC(=O)[C@H](Cc1ccc(O)cc1)NC(=O)C1=C[C@@H](NC(=O)NC2CCCCC2)[C@@H](O)[C@H](O)C1. The Bertz CT molecular complexity index is 881. The standard InChI is InChI=1S/C23H32N4O6/c24-21(31)18(10-13-6-8-16(28)9-7-13)26-22(32)14-11-17(20(30)19(29)12-14)27-23(33)25-15-4-2-1-3-5-15/h6-9,11,15,17-20,28-30H,1-5,10,12H2,(H2,24,31)(H,26,32)(H2,25,27,33)/t17-,18+,19-,20-/m1/s1. The summed E-state index contributed by atoms with van der Waals surface area (Å²) >= 11 is 0. The fourth-order valence-electron chi connectivity index (χ4n) is 4.23. The Morgan fingerprint density at radius 3 is 2.33 bits per heavy atom. The van der Waals surface area contributed by atoms with E-state index in [1.165, 1.54) is 18.2 Å². The number of aliphatic hydroxyl groups is 2. The highest BCUT2D eigenvalue weighted by atomic mass is 16.3. The number of amides is 4. The second-order valence-electron chi connectivity index (χ2n) is 8.73. The fourth-order valence-corrected chi connectivity index (χ4v) is 4.23. The van der Waals surface area contributed by atoms with Crippen LogP contribution >= 0.6 is 0 Å². The lowest BCUT2D eigenvalue weighted by Gasteiger charge is -2.32. The molecule has 4 atom stereocenters. The summed E-state index contributed by atoms with van der Waals surface area (Å²) < 4.78 is 0. The van der Waals surface area contributed by atoms with Crippen molar-refractivity contribution in [1.29, 1.82) is 0 Å². The molecular weight excluding hydrogens is 428 g/mol. The molecule has 2 aliphatic rings. The van der Waals surface area contributed by atoms with Gasteiger partial charge in [-0.1, -0.05) is 37.5 Å². The maximum Gasteiger partial charge on any atom is 0.315 e. The van der Waals surface area contributed by atoms with Crippen LogP contribution in [0.1, 0.15) is 44.1 Å². The normalized spacial score (nSPS) is 24.3. The van der Waals surface area contributed by atoms with Crippen LogP contribution in [-0.4, -0.2) is 63.5 Å². The number of primary amides is 1. The molecule has 4 amide bonds. The Hall–Kier alpha value is -3.11. The van der Waals surface area contributed by atoms with Crippen LogP contribution in [-0.2, 0) is 16.0 Å². The predicted molar refractivity (Wildman–Crippen MR) is 120 cm³/mol. The Balaban J connectivity index is 1.64. The molecule has 0 unspecified atom stereocenters. The van der Waals surface area contributed by atoms with Crippen LogP contribution in [0.4, 0.5) is 4.79 Å². The number of aromatic hydroxyl groups is 1. The monoisotopic (exact) mass is 460 g/mol. The molecule has 0 aromatic heterocycles. The van der Waals surface area contributed by atoms with Crippen LogP contribution in [0.3, 0.4) is 0 Å². The molecule has 1 saturated carbocycles. The number of hydrogen-bond acceptors (Lipinski definition) is 6. The molecule has 10 heteroatoms. The molecule has 0 heterocycles. The van der Waals surface area contributed by atoms with Crippen LogP contribution in [0.15, 0.2) is 35.9 Å². The summed E-state index contributed by atoms with van der Waals surface area (Å²) in [7, 11) is 0. The van der Waals surface area contributed by atoms with Crippen molar-refractivity contribution >= 4 is 17.8 Å². The maximum atomic E-state index is 12.8. The molecule has 33 heavy (non-hydrogen) atoms. The molecular formula is C23H32N4O6. The van der Waals surface area contributed by atoms with E-state index >= 15 is 0 Å². The zero-order chi connectivity index (χ0) is 24.0. The Morgan fingerprint density at radius 1 is 1.03 bits per heavy atom. The van der Waals surface area contributed by atoms with Crippen molar-refractivity contribution in [3.63, 3.8) is 0 Å². The minimum absolute atomic E-state index is 0.0624. The molecule has 0 aliphatic heterocycles. The van der Waals surface area contributed by atoms with Crippen molar-refractivity contribution in [2.45, 2.75) is 75.3 Å². The van der Waals surface area contributed by atoms with E-state index in [-0.39, 0.29) is 30.2 Å². The summed E-state index contributed by atoms with van der Waals surface area (Å²) in [5.74, 6) is -1.29. The Morgan fingerprint density at radius 2 is 1.70 bits per heavy atom. The number of benzene rings is 1. The lowest BCUT2D eigenvalue weighted by molar-refractivity contribution is -0.125. The van der Waals surface area contributed by atoms with Gasteiger partial charge in [0.05, 0.1) is 12.1 Å². The average Bonchev–Trinajstić information content (AvgIpc) is 2.78. The Kier molecular flexibility index (Phi) is 8.29. The second-order valence-corrected chi connectivity index (χ2v) is 8.73. The minimum Gasteiger partial charge on any atom is -0.508 e. The molecule has 0 spiro atoms. The molecule has 1 aromatic rings. The van der Waals surface area contributed by atoms with Gasteiger partial charge in [-0.3, -0.25) is 9.59 Å². The van der Waals surface area contributed by atoms with E-state index < -0.39 is 42.1 Å². The molecule has 1 aromatic carbocycles. The van der Waals surface area contributed by atoms with Crippen LogP contribution in [0.5, 0.6) is 5.75 Å². The van der Waals surface area contributed by atoms with E-state index in [2.05, 4.69) is 16.0 Å². The number of nitrogens with one attached hydrogen (secondary N) is 3. The van der Waals surface area contributed by atoms with Gasteiger partial charge in [0.25, 0.3) is 0 Å². The number of rotatable bonds is 7. The topological polar surface area (TPSA) is 174 Å². The van der Waals surface area contributed by atoms with E-state index in [1.54, 1.807) is 12.1 Å².